The Morgan fingerprint density at radius 3 is 2.52 bits per heavy atom. The Bertz CT molecular complexity index is 1190. The van der Waals surface area contributed by atoms with Gasteiger partial charge in [-0.15, -0.1) is 0 Å². The zero-order valence-electron chi connectivity index (χ0n) is 18.3. The molecule has 0 aromatic heterocycles. The zero-order valence-corrected chi connectivity index (χ0v) is 18.3. The molecule has 173 valence electrons. The van der Waals surface area contributed by atoms with E-state index in [9.17, 15) is 34.4 Å². The number of primary amides is 1. The Morgan fingerprint density at radius 2 is 1.97 bits per heavy atom. The number of carbonyl (C=O) groups excluding carboxylic acids is 2. The second kappa shape index (κ2) is 7.42. The minimum absolute atomic E-state index is 0.0111. The summed E-state index contributed by atoms with van der Waals surface area (Å²) in [4.78, 5) is 27.3. The maximum absolute atomic E-state index is 14.9. The molecule has 0 aliphatic heterocycles. The quantitative estimate of drug-likeness (QED) is 0.273. The van der Waals surface area contributed by atoms with Gasteiger partial charge in [0.25, 0.3) is 0 Å². The molecule has 1 amide bonds. The summed E-state index contributed by atoms with van der Waals surface area (Å²) < 4.78 is 14.9. The van der Waals surface area contributed by atoms with Crippen LogP contribution in [0.15, 0.2) is 23.0 Å². The first-order chi connectivity index (χ1) is 15.4. The maximum atomic E-state index is 14.9. The van der Waals surface area contributed by atoms with Crippen molar-refractivity contribution in [3.8, 4) is 5.75 Å². The van der Waals surface area contributed by atoms with Gasteiger partial charge in [-0.25, -0.2) is 0 Å². The van der Waals surface area contributed by atoms with Crippen LogP contribution < -0.4 is 11.1 Å². The summed E-state index contributed by atoms with van der Waals surface area (Å²) >= 11 is 0. The van der Waals surface area contributed by atoms with E-state index in [2.05, 4.69) is 5.32 Å². The van der Waals surface area contributed by atoms with Crippen LogP contribution in [0.1, 0.15) is 17.5 Å². The number of aromatic hydroxyl groups is 1. The van der Waals surface area contributed by atoms with E-state index >= 15 is 0 Å². The van der Waals surface area contributed by atoms with E-state index in [0.717, 1.165) is 6.07 Å². The van der Waals surface area contributed by atoms with Gasteiger partial charge in [-0.3, -0.25) is 0 Å². The molecule has 9 nitrogen and oxygen atoms in total. The summed E-state index contributed by atoms with van der Waals surface area (Å²) in [6, 6.07) is 0.0969. The van der Waals surface area contributed by atoms with Crippen molar-refractivity contribution in [3.63, 3.8) is 0 Å². The van der Waals surface area contributed by atoms with E-state index in [1.54, 1.807) is 14.1 Å². The van der Waals surface area contributed by atoms with Crippen LogP contribution in [-0.2, 0) is 16.0 Å². The molecule has 11 heteroatoms. The summed E-state index contributed by atoms with van der Waals surface area (Å²) in [6.07, 6.45) is -0.0155. The molecule has 7 N–H and O–H groups in total. The van der Waals surface area contributed by atoms with Crippen molar-refractivity contribution in [1.29, 1.82) is 0 Å². The van der Waals surface area contributed by atoms with Gasteiger partial charge in [0.2, 0.25) is 0 Å². The fourth-order valence-electron chi connectivity index (χ4n) is 5.56. The summed E-state index contributed by atoms with van der Waals surface area (Å²) in [6.45, 7) is 0. The average Bonchev–Trinajstić information content (AvgIpc) is 2.72. The van der Waals surface area contributed by atoms with E-state index in [1.165, 1.54) is 11.9 Å². The fourth-order valence-corrected chi connectivity index (χ4v) is 5.56. The first-order valence-electron chi connectivity index (χ1n) is 10.3. The van der Waals surface area contributed by atoms with Crippen LogP contribution in [0.2, 0.25) is 0 Å². The zero-order chi connectivity index (χ0) is 24.6. The molecule has 1 saturated carbocycles. The second-order valence-corrected chi connectivity index (χ2v) is 8.91. The van der Waals surface area contributed by atoms with Crippen LogP contribution >= 0.6 is 0 Å². The molecule has 4 rings (SSSR count). The van der Waals surface area contributed by atoms with Gasteiger partial charge in [-0.2, -0.15) is 0 Å². The van der Waals surface area contributed by atoms with Gasteiger partial charge < -0.3 is 0 Å². The molecule has 1 aromatic rings. The third-order valence-electron chi connectivity index (χ3n) is 7.04. The number of nitrogens with one attached hydrogen (secondary N) is 1. The topological polar surface area (TPSA) is 156 Å². The summed E-state index contributed by atoms with van der Waals surface area (Å²) in [5.74, 6) is -6.11. The van der Waals surface area contributed by atoms with Gasteiger partial charge in [0.1, 0.15) is 0 Å². The van der Waals surface area contributed by atoms with Gasteiger partial charge in [0.05, 0.1) is 0 Å². The van der Waals surface area contributed by atoms with E-state index in [4.69, 9.17) is 13.2 Å². The molecule has 0 saturated heterocycles. The number of halogens is 1. The number of hydrogen-bond donors (Lipinski definition) is 6. The van der Waals surface area contributed by atoms with Gasteiger partial charge in [0, 0.05) is 0 Å². The SMILES string of the molecule is [B]=C1C(C(N)=O)=C(O)[C@@H](N(C)C)[C@@H]2C[C@@H]3Cc4c(F)cc(NC)c(O)c4C(O)=C3C(=O)[C@]12O. The number of nitrogens with zero attached hydrogens (tertiary/aromatic N) is 1. The molecule has 33 heavy (non-hydrogen) atoms. The molecule has 1 radical (unpaired) electrons. The molecule has 1 fully saturated rings. The number of hydrogen-bond acceptors (Lipinski definition) is 8. The molecular formula is C22H24BFN3O6. The number of benzene rings is 1. The van der Waals surface area contributed by atoms with Crippen LogP contribution in [0.5, 0.6) is 5.75 Å². The number of phenolic OH excluding ortho intramolecular Hbond substituents is 1. The monoisotopic (exact) mass is 456 g/mol. The Morgan fingerprint density at radius 1 is 1.33 bits per heavy atom. The predicted molar refractivity (Wildman–Crippen MR) is 120 cm³/mol. The molecule has 3 aliphatic rings. The van der Waals surface area contributed by atoms with Crippen LogP contribution in [0.25, 0.3) is 5.76 Å². The number of anilines is 1. The number of ketones is 1. The molecule has 0 unspecified atom stereocenters. The first-order valence-corrected chi connectivity index (χ1v) is 10.3. The van der Waals surface area contributed by atoms with E-state index in [0.29, 0.717) is 0 Å². The van der Waals surface area contributed by atoms with Gasteiger partial charge in [-0.1, -0.05) is 0 Å². The van der Waals surface area contributed by atoms with Gasteiger partial charge in [0.15, 0.2) is 0 Å². The third kappa shape index (κ3) is 2.88. The number of fused-ring (bicyclic) bond motifs is 3. The number of likely N-dealkylation sites (N-methyl/N-ethyl adjacent to an activating group) is 1. The number of Topliss-reactive ketones (excluding diaryl/α,β-unsaturated/α-hetero) is 1. The van der Waals surface area contributed by atoms with Crippen molar-refractivity contribution in [2.45, 2.75) is 24.5 Å². The Kier molecular flexibility index (Phi) is 5.17. The number of carbonyl (C=O) groups is 2. The number of phenols is 1. The normalized spacial score (nSPS) is 29.1. The molecule has 3 aliphatic carbocycles. The molecule has 0 heterocycles. The summed E-state index contributed by atoms with van der Waals surface area (Å²) in [7, 11) is 10.7. The van der Waals surface area contributed by atoms with Crippen molar-refractivity contribution in [2.24, 2.45) is 17.6 Å². The second-order valence-electron chi connectivity index (χ2n) is 8.91. The molecular weight excluding hydrogens is 432 g/mol. The average molecular weight is 456 g/mol. The van der Waals surface area contributed by atoms with E-state index < -0.39 is 69.3 Å². The molecule has 4 atom stereocenters. The van der Waals surface area contributed by atoms with Crippen molar-refractivity contribution in [1.82, 2.24) is 4.90 Å². The molecule has 0 spiro atoms. The fraction of sp³-hybridized carbons (Fsp3) is 0.409. The van der Waals surface area contributed by atoms with Crippen molar-refractivity contribution >= 4 is 36.1 Å². The number of aliphatic hydroxyl groups is 3. The van der Waals surface area contributed by atoms with Crippen molar-refractivity contribution in [2.75, 3.05) is 26.5 Å². The van der Waals surface area contributed by atoms with Crippen LogP contribution in [0.3, 0.4) is 0 Å². The number of amides is 1. The van der Waals surface area contributed by atoms with Crippen LogP contribution in [0.4, 0.5) is 10.1 Å². The Labute approximate surface area is 190 Å². The predicted octanol–water partition coefficient (Wildman–Crippen LogP) is -0.0834. The number of aliphatic hydroxyl groups excluding tert-OH is 2. The first kappa shape index (κ1) is 23.0. The summed E-state index contributed by atoms with van der Waals surface area (Å²) in [5.41, 5.74) is 1.34. The number of nitrogens with two attached hydrogens (primary N) is 1. The molecule has 0 bridgehead atoms. The van der Waals surface area contributed by atoms with E-state index in [-0.39, 0.29) is 35.2 Å². The van der Waals surface area contributed by atoms with Crippen LogP contribution in [-0.4, -0.2) is 82.8 Å². The molecule has 1 aromatic carbocycles. The van der Waals surface area contributed by atoms with Crippen molar-refractivity contribution in [3.05, 3.63) is 39.9 Å². The van der Waals surface area contributed by atoms with E-state index in [1.807, 2.05) is 0 Å². The van der Waals surface area contributed by atoms with Crippen molar-refractivity contribution < 1.29 is 34.4 Å². The standard InChI is InChI=1S/C22H24BFN3O6/c1-26-11-6-10(24)8-4-7-5-9-15(27(2)3)18(30)14(21(25)32)19(23)22(9,33)20(31)12(7)17(29)13(8)16(11)28/h6-7,9,15,26,28-30,33H,4-5H2,1-3H3,(H2,25,32)/t7-,9-,15-,22+/m0/s1. The van der Waals surface area contributed by atoms with Gasteiger partial charge in [-0.05, 0) is 0 Å². The minimum atomic E-state index is -2.46. The third-order valence-corrected chi connectivity index (χ3v) is 7.04. The van der Waals surface area contributed by atoms with Crippen LogP contribution in [0, 0.1) is 17.7 Å². The Hall–Kier alpha value is -3.18. The van der Waals surface area contributed by atoms with Gasteiger partial charge >= 0.3 is 190 Å². The summed E-state index contributed by atoms with van der Waals surface area (Å²) in [5, 5.41) is 46.6. The Balaban J connectivity index is 1.97. The number of rotatable bonds is 3.